The van der Waals surface area contributed by atoms with Crippen LogP contribution in [0.5, 0.6) is 0 Å². The van der Waals surface area contributed by atoms with Gasteiger partial charge in [0.05, 0.1) is 11.9 Å². The molecule has 5 heteroatoms. The van der Waals surface area contributed by atoms with Gasteiger partial charge in [-0.05, 0) is 17.7 Å². The van der Waals surface area contributed by atoms with E-state index in [1.165, 1.54) is 0 Å². The summed E-state index contributed by atoms with van der Waals surface area (Å²) in [4.78, 5) is 4.40. The highest BCUT2D eigenvalue weighted by atomic mass is 16.3. The third kappa shape index (κ3) is 2.00. The molecule has 18 heavy (non-hydrogen) atoms. The zero-order chi connectivity index (χ0) is 12.5. The van der Waals surface area contributed by atoms with Crippen molar-refractivity contribution in [1.82, 2.24) is 19.2 Å². The minimum atomic E-state index is -0.603. The maximum absolute atomic E-state index is 10.2. The summed E-state index contributed by atoms with van der Waals surface area (Å²) >= 11 is 0. The van der Waals surface area contributed by atoms with Crippen LogP contribution < -0.4 is 0 Å². The molecule has 0 aliphatic rings. The Balaban J connectivity index is 1.85. The number of aliphatic hydroxyl groups excluding tert-OH is 1. The minimum absolute atomic E-state index is 0.526. The first kappa shape index (κ1) is 11.0. The largest absolute Gasteiger partial charge is 0.386 e. The topological polar surface area (TPSA) is 55.4 Å². The zero-order valence-electron chi connectivity index (χ0n) is 10.1. The van der Waals surface area contributed by atoms with Crippen molar-refractivity contribution in [3.8, 4) is 0 Å². The quantitative estimate of drug-likeness (QED) is 0.754. The van der Waals surface area contributed by atoms with Crippen LogP contribution in [-0.4, -0.2) is 24.3 Å². The van der Waals surface area contributed by atoms with Crippen LogP contribution in [0.15, 0.2) is 43.0 Å². The van der Waals surface area contributed by atoms with Crippen molar-refractivity contribution in [2.24, 2.45) is 7.05 Å². The molecule has 0 radical (unpaired) electrons. The fraction of sp³-hybridized carbons (Fsp3) is 0.231. The Bertz CT molecular complexity index is 637. The molecular formula is C13H14N4O. The van der Waals surface area contributed by atoms with Crippen molar-refractivity contribution < 1.29 is 5.11 Å². The lowest BCUT2D eigenvalue weighted by Crippen LogP contribution is -2.01. The summed E-state index contributed by atoms with van der Waals surface area (Å²) < 4.78 is 3.63. The van der Waals surface area contributed by atoms with E-state index in [2.05, 4.69) is 10.1 Å². The second-order valence-electron chi connectivity index (χ2n) is 4.37. The molecule has 0 fully saturated rings. The van der Waals surface area contributed by atoms with Crippen molar-refractivity contribution in [2.45, 2.75) is 12.5 Å². The highest BCUT2D eigenvalue weighted by molar-refractivity contribution is 5.39. The van der Waals surface area contributed by atoms with Gasteiger partial charge in [-0.1, -0.05) is 6.07 Å². The second kappa shape index (κ2) is 4.27. The van der Waals surface area contributed by atoms with Gasteiger partial charge in [0.2, 0.25) is 0 Å². The Labute approximate surface area is 104 Å². The number of imidazole rings is 1. The van der Waals surface area contributed by atoms with E-state index in [1.807, 2.05) is 48.2 Å². The third-order valence-corrected chi connectivity index (χ3v) is 2.91. The summed E-state index contributed by atoms with van der Waals surface area (Å²) in [5, 5.41) is 14.3. The molecule has 3 rings (SSSR count). The van der Waals surface area contributed by atoms with Gasteiger partial charge < -0.3 is 9.51 Å². The molecule has 0 aliphatic heterocycles. The summed E-state index contributed by atoms with van der Waals surface area (Å²) in [6, 6.07) is 5.78. The van der Waals surface area contributed by atoms with E-state index in [1.54, 1.807) is 10.9 Å². The van der Waals surface area contributed by atoms with Crippen LogP contribution in [0.1, 0.15) is 17.4 Å². The molecule has 0 aliphatic carbocycles. The van der Waals surface area contributed by atoms with E-state index < -0.39 is 6.10 Å². The molecule has 92 valence electrons. The van der Waals surface area contributed by atoms with Crippen LogP contribution in [-0.2, 0) is 13.5 Å². The van der Waals surface area contributed by atoms with E-state index in [9.17, 15) is 5.11 Å². The van der Waals surface area contributed by atoms with Gasteiger partial charge in [-0.15, -0.1) is 0 Å². The van der Waals surface area contributed by atoms with Crippen LogP contribution in [0.25, 0.3) is 5.65 Å². The molecule has 0 spiro atoms. The zero-order valence-corrected chi connectivity index (χ0v) is 10.1. The number of hydrogen-bond donors (Lipinski definition) is 1. The number of hydrogen-bond acceptors (Lipinski definition) is 3. The Morgan fingerprint density at radius 3 is 2.94 bits per heavy atom. The summed E-state index contributed by atoms with van der Waals surface area (Å²) in [6.45, 7) is 0. The lowest BCUT2D eigenvalue weighted by atomic mass is 10.1. The minimum Gasteiger partial charge on any atom is -0.386 e. The Kier molecular flexibility index (Phi) is 2.60. The molecule has 0 saturated carbocycles. The van der Waals surface area contributed by atoms with Crippen molar-refractivity contribution in [2.75, 3.05) is 0 Å². The molecule has 0 aromatic carbocycles. The number of nitrogens with zero attached hydrogens (tertiary/aromatic N) is 4. The standard InChI is InChI=1S/C13H14N4O/c1-16-8-10(7-14-16)6-12(18)11-9-17-5-3-2-4-13(17)15-11/h2-5,7-9,12,18H,6H2,1H3. The van der Waals surface area contributed by atoms with Crippen molar-refractivity contribution in [3.05, 3.63) is 54.2 Å². The van der Waals surface area contributed by atoms with Gasteiger partial charge in [0.25, 0.3) is 0 Å². The van der Waals surface area contributed by atoms with Gasteiger partial charge in [0, 0.05) is 32.1 Å². The molecule has 0 bridgehead atoms. The maximum Gasteiger partial charge on any atom is 0.137 e. The smallest absolute Gasteiger partial charge is 0.137 e. The third-order valence-electron chi connectivity index (χ3n) is 2.91. The molecular weight excluding hydrogens is 228 g/mol. The maximum atomic E-state index is 10.2. The van der Waals surface area contributed by atoms with Crippen molar-refractivity contribution in [1.29, 1.82) is 0 Å². The fourth-order valence-corrected chi connectivity index (χ4v) is 2.02. The molecule has 3 heterocycles. The Morgan fingerprint density at radius 1 is 1.33 bits per heavy atom. The van der Waals surface area contributed by atoms with Gasteiger partial charge in [0.1, 0.15) is 11.8 Å². The Hall–Kier alpha value is -2.14. The average Bonchev–Trinajstić information content (AvgIpc) is 2.95. The molecule has 0 amide bonds. The first-order chi connectivity index (χ1) is 8.72. The molecule has 3 aromatic rings. The second-order valence-corrected chi connectivity index (χ2v) is 4.37. The van der Waals surface area contributed by atoms with E-state index in [4.69, 9.17) is 0 Å². The summed E-state index contributed by atoms with van der Waals surface area (Å²) in [5.41, 5.74) is 2.53. The fourth-order valence-electron chi connectivity index (χ4n) is 2.02. The van der Waals surface area contributed by atoms with Crippen LogP contribution in [0.2, 0.25) is 0 Å². The van der Waals surface area contributed by atoms with Crippen molar-refractivity contribution >= 4 is 5.65 Å². The van der Waals surface area contributed by atoms with Crippen LogP contribution in [0, 0.1) is 0 Å². The van der Waals surface area contributed by atoms with E-state index in [0.29, 0.717) is 12.1 Å². The van der Waals surface area contributed by atoms with Gasteiger partial charge in [-0.25, -0.2) is 4.98 Å². The molecule has 0 saturated heterocycles. The number of aromatic nitrogens is 4. The predicted octanol–water partition coefficient (Wildman–Crippen LogP) is 1.34. The number of aryl methyl sites for hydroxylation is 1. The predicted molar refractivity (Wildman–Crippen MR) is 67.1 cm³/mol. The van der Waals surface area contributed by atoms with Crippen LogP contribution in [0.4, 0.5) is 0 Å². The van der Waals surface area contributed by atoms with Gasteiger partial charge in [-0.2, -0.15) is 5.10 Å². The first-order valence-corrected chi connectivity index (χ1v) is 5.81. The highest BCUT2D eigenvalue weighted by Gasteiger charge is 2.13. The SMILES string of the molecule is Cn1cc(CC(O)c2cn3ccccc3n2)cn1. The lowest BCUT2D eigenvalue weighted by Gasteiger charge is -2.04. The van der Waals surface area contributed by atoms with E-state index in [0.717, 1.165) is 11.2 Å². The average molecular weight is 242 g/mol. The lowest BCUT2D eigenvalue weighted by molar-refractivity contribution is 0.174. The molecule has 1 atom stereocenters. The van der Waals surface area contributed by atoms with Gasteiger partial charge in [0.15, 0.2) is 0 Å². The van der Waals surface area contributed by atoms with Crippen molar-refractivity contribution in [3.63, 3.8) is 0 Å². The van der Waals surface area contributed by atoms with Gasteiger partial charge >= 0.3 is 0 Å². The number of pyridine rings is 1. The van der Waals surface area contributed by atoms with E-state index in [-0.39, 0.29) is 0 Å². The van der Waals surface area contributed by atoms with Crippen LogP contribution >= 0.6 is 0 Å². The molecule has 3 aromatic heterocycles. The molecule has 1 N–H and O–H groups in total. The normalized spacial score (nSPS) is 13.0. The highest BCUT2D eigenvalue weighted by Crippen LogP contribution is 2.17. The summed E-state index contributed by atoms with van der Waals surface area (Å²) in [5.74, 6) is 0. The number of fused-ring (bicyclic) bond motifs is 1. The van der Waals surface area contributed by atoms with E-state index >= 15 is 0 Å². The van der Waals surface area contributed by atoms with Crippen LogP contribution in [0.3, 0.4) is 0 Å². The first-order valence-electron chi connectivity index (χ1n) is 5.81. The number of aliphatic hydroxyl groups is 1. The summed E-state index contributed by atoms with van der Waals surface area (Å²) in [7, 11) is 1.86. The Morgan fingerprint density at radius 2 is 2.22 bits per heavy atom. The molecule has 5 nitrogen and oxygen atoms in total. The summed E-state index contributed by atoms with van der Waals surface area (Å²) in [6.07, 6.45) is 7.36. The van der Waals surface area contributed by atoms with Gasteiger partial charge in [-0.3, -0.25) is 4.68 Å². The number of rotatable bonds is 3. The monoisotopic (exact) mass is 242 g/mol. The molecule has 1 unspecified atom stereocenters.